The summed E-state index contributed by atoms with van der Waals surface area (Å²) in [6.45, 7) is 0. The highest BCUT2D eigenvalue weighted by molar-refractivity contribution is 5.15. The van der Waals surface area contributed by atoms with Gasteiger partial charge in [-0.2, -0.15) is 0 Å². The van der Waals surface area contributed by atoms with E-state index in [4.69, 9.17) is 10.6 Å². The van der Waals surface area contributed by atoms with Crippen LogP contribution in [0, 0.1) is 0 Å². The molecule has 2 rings (SSSR count). The molecule has 3 heteroatoms. The molecule has 1 aliphatic carbocycles. The molecule has 1 aromatic carbocycles. The summed E-state index contributed by atoms with van der Waals surface area (Å²) >= 11 is 0. The van der Waals surface area contributed by atoms with E-state index in [-0.39, 0.29) is 11.6 Å². The van der Waals surface area contributed by atoms with Crippen LogP contribution in [0.5, 0.6) is 0 Å². The van der Waals surface area contributed by atoms with Crippen LogP contribution in [0.1, 0.15) is 31.2 Å². The lowest BCUT2D eigenvalue weighted by Gasteiger charge is -2.46. The smallest absolute Gasteiger partial charge is 0.0844 e. The van der Waals surface area contributed by atoms with Crippen molar-refractivity contribution in [2.24, 2.45) is 5.84 Å². The minimum atomic E-state index is -0.0243. The molecule has 0 radical (unpaired) electrons. The Morgan fingerprint density at radius 1 is 1.35 bits per heavy atom. The van der Waals surface area contributed by atoms with E-state index in [0.29, 0.717) is 0 Å². The Kier molecular flexibility index (Phi) is 4.15. The normalized spacial score (nSPS) is 19.6. The molecule has 0 spiro atoms. The zero-order valence-corrected chi connectivity index (χ0v) is 10.5. The van der Waals surface area contributed by atoms with Crippen molar-refractivity contribution in [3.63, 3.8) is 0 Å². The average Bonchev–Trinajstić information content (AvgIpc) is 2.33. The highest BCUT2D eigenvalue weighted by Crippen LogP contribution is 2.39. The van der Waals surface area contributed by atoms with Gasteiger partial charge in [0.05, 0.1) is 11.6 Å². The number of hydrazine groups is 1. The predicted octanol–water partition coefficient (Wildman–Crippen LogP) is 2.02. The number of nitrogens with two attached hydrogens (primary N) is 1. The first-order chi connectivity index (χ1) is 8.30. The fourth-order valence-electron chi connectivity index (χ4n) is 2.67. The van der Waals surface area contributed by atoms with Gasteiger partial charge in [-0.15, -0.1) is 0 Å². The van der Waals surface area contributed by atoms with Crippen molar-refractivity contribution in [3.8, 4) is 0 Å². The van der Waals surface area contributed by atoms with Gasteiger partial charge in [0, 0.05) is 7.11 Å². The third-order valence-electron chi connectivity index (χ3n) is 4.01. The number of ether oxygens (including phenoxy) is 1. The van der Waals surface area contributed by atoms with Crippen LogP contribution in [0.2, 0.25) is 0 Å². The molecule has 0 aromatic heterocycles. The number of hydrogen-bond acceptors (Lipinski definition) is 3. The molecule has 0 amide bonds. The summed E-state index contributed by atoms with van der Waals surface area (Å²) in [6, 6.07) is 10.8. The van der Waals surface area contributed by atoms with E-state index in [1.807, 2.05) is 6.07 Å². The highest BCUT2D eigenvalue weighted by Gasteiger charge is 2.43. The SMILES string of the molecule is COC1(C(CCc2ccccc2)NN)CCC1. The lowest BCUT2D eigenvalue weighted by Crippen LogP contribution is -2.58. The first-order valence-corrected chi connectivity index (χ1v) is 6.36. The number of benzene rings is 1. The van der Waals surface area contributed by atoms with Gasteiger partial charge in [-0.1, -0.05) is 30.3 Å². The van der Waals surface area contributed by atoms with E-state index in [9.17, 15) is 0 Å². The molecule has 0 saturated heterocycles. The van der Waals surface area contributed by atoms with Crippen molar-refractivity contribution >= 4 is 0 Å². The van der Waals surface area contributed by atoms with Gasteiger partial charge in [-0.05, 0) is 37.7 Å². The largest absolute Gasteiger partial charge is 0.377 e. The number of hydrogen-bond donors (Lipinski definition) is 2. The molecule has 1 aliphatic rings. The molecule has 0 heterocycles. The molecular weight excluding hydrogens is 212 g/mol. The second-order valence-corrected chi connectivity index (χ2v) is 4.87. The van der Waals surface area contributed by atoms with Gasteiger partial charge in [0.1, 0.15) is 0 Å². The molecular formula is C14H22N2O. The van der Waals surface area contributed by atoms with Gasteiger partial charge in [-0.25, -0.2) is 0 Å². The molecule has 94 valence electrons. The quantitative estimate of drug-likeness (QED) is 0.585. The lowest BCUT2D eigenvalue weighted by molar-refractivity contribution is -0.0999. The van der Waals surface area contributed by atoms with E-state index in [1.54, 1.807) is 7.11 Å². The molecule has 1 saturated carbocycles. The molecule has 17 heavy (non-hydrogen) atoms. The zero-order chi connectivity index (χ0) is 12.1. The minimum absolute atomic E-state index is 0.0243. The molecule has 1 fully saturated rings. The highest BCUT2D eigenvalue weighted by atomic mass is 16.5. The monoisotopic (exact) mass is 234 g/mol. The van der Waals surface area contributed by atoms with Gasteiger partial charge in [-0.3, -0.25) is 11.3 Å². The summed E-state index contributed by atoms with van der Waals surface area (Å²) in [5, 5.41) is 0. The fraction of sp³-hybridized carbons (Fsp3) is 0.571. The van der Waals surface area contributed by atoms with E-state index < -0.39 is 0 Å². The van der Waals surface area contributed by atoms with Crippen LogP contribution in [0.3, 0.4) is 0 Å². The summed E-state index contributed by atoms with van der Waals surface area (Å²) in [7, 11) is 1.80. The van der Waals surface area contributed by atoms with Gasteiger partial charge < -0.3 is 4.74 Å². The van der Waals surface area contributed by atoms with Gasteiger partial charge in [0.2, 0.25) is 0 Å². The second kappa shape index (κ2) is 5.63. The van der Waals surface area contributed by atoms with Gasteiger partial charge in [0.15, 0.2) is 0 Å². The molecule has 0 bridgehead atoms. The Labute approximate surface area is 103 Å². The first kappa shape index (κ1) is 12.6. The van der Waals surface area contributed by atoms with E-state index in [0.717, 1.165) is 25.7 Å². The summed E-state index contributed by atoms with van der Waals surface area (Å²) < 4.78 is 5.67. The Balaban J connectivity index is 1.92. The zero-order valence-electron chi connectivity index (χ0n) is 10.5. The molecule has 1 atom stereocenters. The Bertz CT molecular complexity index is 330. The summed E-state index contributed by atoms with van der Waals surface area (Å²) in [6.07, 6.45) is 5.55. The van der Waals surface area contributed by atoms with Crippen molar-refractivity contribution in [3.05, 3.63) is 35.9 Å². The maximum Gasteiger partial charge on any atom is 0.0844 e. The minimum Gasteiger partial charge on any atom is -0.377 e. The Morgan fingerprint density at radius 3 is 2.53 bits per heavy atom. The van der Waals surface area contributed by atoms with Gasteiger partial charge >= 0.3 is 0 Å². The van der Waals surface area contributed by atoms with Crippen LogP contribution < -0.4 is 11.3 Å². The van der Waals surface area contributed by atoms with Gasteiger partial charge in [0.25, 0.3) is 0 Å². The maximum atomic E-state index is 5.68. The standard InChI is InChI=1S/C14H22N2O/c1-17-14(10-5-11-14)13(16-15)9-8-12-6-3-2-4-7-12/h2-4,6-7,13,16H,5,8-11,15H2,1H3. The molecule has 3 N–H and O–H groups in total. The number of methoxy groups -OCH3 is 1. The Hall–Kier alpha value is -0.900. The first-order valence-electron chi connectivity index (χ1n) is 6.36. The van der Waals surface area contributed by atoms with Crippen LogP contribution >= 0.6 is 0 Å². The molecule has 1 unspecified atom stereocenters. The number of aryl methyl sites for hydroxylation is 1. The van der Waals surface area contributed by atoms with Crippen LogP contribution in [-0.4, -0.2) is 18.8 Å². The van der Waals surface area contributed by atoms with Crippen LogP contribution in [0.15, 0.2) is 30.3 Å². The number of rotatable bonds is 6. The van der Waals surface area contributed by atoms with E-state index in [1.165, 1.54) is 12.0 Å². The lowest BCUT2D eigenvalue weighted by atomic mass is 9.73. The van der Waals surface area contributed by atoms with Crippen molar-refractivity contribution in [2.75, 3.05) is 7.11 Å². The van der Waals surface area contributed by atoms with E-state index in [2.05, 4.69) is 29.7 Å². The predicted molar refractivity (Wildman–Crippen MR) is 69.5 cm³/mol. The van der Waals surface area contributed by atoms with Crippen LogP contribution in [0.25, 0.3) is 0 Å². The third-order valence-corrected chi connectivity index (χ3v) is 4.01. The van der Waals surface area contributed by atoms with Crippen molar-refractivity contribution in [1.82, 2.24) is 5.43 Å². The maximum absolute atomic E-state index is 5.68. The molecule has 3 nitrogen and oxygen atoms in total. The second-order valence-electron chi connectivity index (χ2n) is 4.87. The molecule has 1 aromatic rings. The third kappa shape index (κ3) is 2.68. The Morgan fingerprint density at radius 2 is 2.06 bits per heavy atom. The molecule has 0 aliphatic heterocycles. The summed E-state index contributed by atoms with van der Waals surface area (Å²) in [5.74, 6) is 5.68. The van der Waals surface area contributed by atoms with Crippen molar-refractivity contribution in [1.29, 1.82) is 0 Å². The summed E-state index contributed by atoms with van der Waals surface area (Å²) in [4.78, 5) is 0. The average molecular weight is 234 g/mol. The van der Waals surface area contributed by atoms with Crippen LogP contribution in [-0.2, 0) is 11.2 Å². The van der Waals surface area contributed by atoms with Crippen molar-refractivity contribution < 1.29 is 4.74 Å². The fourth-order valence-corrected chi connectivity index (χ4v) is 2.67. The number of nitrogens with one attached hydrogen (secondary N) is 1. The summed E-state index contributed by atoms with van der Waals surface area (Å²) in [5.41, 5.74) is 4.28. The van der Waals surface area contributed by atoms with E-state index >= 15 is 0 Å². The van der Waals surface area contributed by atoms with Crippen LogP contribution in [0.4, 0.5) is 0 Å². The topological polar surface area (TPSA) is 47.3 Å². The van der Waals surface area contributed by atoms with Crippen molar-refractivity contribution in [2.45, 2.75) is 43.7 Å².